The number of methoxy groups -OCH3 is 3. The molecular formula is C45H44N4O4. The monoisotopic (exact) mass is 704 g/mol. The number of fused-ring (bicyclic) bond motifs is 6. The number of para-hydroxylation sites is 1. The molecule has 0 aliphatic heterocycles. The summed E-state index contributed by atoms with van der Waals surface area (Å²) in [5, 5.41) is 4.84. The highest BCUT2D eigenvalue weighted by Crippen LogP contribution is 2.43. The molecule has 4 aromatic heterocycles. The molecule has 0 unspecified atom stereocenters. The average molecular weight is 705 g/mol. The number of unbranched alkanes of at least 4 members (excludes halogenated alkanes) is 1. The number of pyridine rings is 2. The Morgan fingerprint density at radius 2 is 1.26 bits per heavy atom. The van der Waals surface area contributed by atoms with E-state index in [1.165, 1.54) is 38.3 Å². The molecule has 0 saturated carbocycles. The number of nitrogens with zero attached hydrogens (tertiary/aromatic N) is 4. The quantitative estimate of drug-likeness (QED) is 0.105. The topological polar surface area (TPSA) is 72.6 Å². The third-order valence-electron chi connectivity index (χ3n) is 10.3. The van der Waals surface area contributed by atoms with Gasteiger partial charge in [0, 0.05) is 64.2 Å². The summed E-state index contributed by atoms with van der Waals surface area (Å²) in [5.41, 5.74) is 8.84. The van der Waals surface area contributed by atoms with Gasteiger partial charge >= 0.3 is 0 Å². The molecule has 0 amide bonds. The average Bonchev–Trinajstić information content (AvgIpc) is 3.70. The smallest absolute Gasteiger partial charge is 0.203 e. The van der Waals surface area contributed by atoms with Crippen LogP contribution in [0.1, 0.15) is 30.5 Å². The van der Waals surface area contributed by atoms with Crippen molar-refractivity contribution in [2.24, 2.45) is 0 Å². The maximum Gasteiger partial charge on any atom is 0.203 e. The van der Waals surface area contributed by atoms with Gasteiger partial charge in [-0.2, -0.15) is 0 Å². The second-order valence-corrected chi connectivity index (χ2v) is 13.4. The summed E-state index contributed by atoms with van der Waals surface area (Å²) in [7, 11) is 4.89. The van der Waals surface area contributed by atoms with E-state index in [0.29, 0.717) is 23.9 Å². The van der Waals surface area contributed by atoms with E-state index in [-0.39, 0.29) is 0 Å². The highest BCUT2D eigenvalue weighted by atomic mass is 16.5. The lowest BCUT2D eigenvalue weighted by Gasteiger charge is -2.15. The Kier molecular flexibility index (Phi) is 9.59. The van der Waals surface area contributed by atoms with Crippen LogP contribution in [0.2, 0.25) is 0 Å². The van der Waals surface area contributed by atoms with Crippen LogP contribution in [0.15, 0.2) is 109 Å². The summed E-state index contributed by atoms with van der Waals surface area (Å²) < 4.78 is 28.3. The molecule has 4 heterocycles. The van der Waals surface area contributed by atoms with Crippen LogP contribution in [-0.2, 0) is 19.5 Å². The van der Waals surface area contributed by atoms with Gasteiger partial charge < -0.3 is 28.1 Å². The van der Waals surface area contributed by atoms with Crippen molar-refractivity contribution in [2.75, 3.05) is 27.9 Å². The summed E-state index contributed by atoms with van der Waals surface area (Å²) in [5.74, 6) is 2.64. The van der Waals surface area contributed by atoms with Crippen LogP contribution in [0.4, 0.5) is 0 Å². The van der Waals surface area contributed by atoms with Crippen molar-refractivity contribution in [3.63, 3.8) is 0 Å². The zero-order valence-corrected chi connectivity index (χ0v) is 30.8. The molecular weight excluding hydrogens is 661 g/mol. The predicted octanol–water partition coefficient (Wildman–Crippen LogP) is 10.2. The van der Waals surface area contributed by atoms with Gasteiger partial charge in [0.2, 0.25) is 5.75 Å². The standard InChI is InChI=1S/C45H44N4O4/c1-30-43-36(20-22-46-30)35-19-18-33(29-39(35)49(43)25-12-15-31-13-6-5-7-14-31)53-26-11-10-24-48-38-17-9-8-16-34(38)37-21-23-47-42(44(37)48)32-27-40(50-2)45(52-4)41(28-32)51-3/h5-9,13-14,16-23,27-29H,10-12,15,24-26H2,1-4H3. The molecule has 0 radical (unpaired) electrons. The summed E-state index contributed by atoms with van der Waals surface area (Å²) in [6, 6.07) is 34.0. The minimum Gasteiger partial charge on any atom is -0.494 e. The van der Waals surface area contributed by atoms with Crippen molar-refractivity contribution >= 4 is 43.6 Å². The second kappa shape index (κ2) is 14.9. The molecule has 0 aliphatic carbocycles. The first-order valence-corrected chi connectivity index (χ1v) is 18.3. The zero-order valence-electron chi connectivity index (χ0n) is 30.8. The molecule has 0 aliphatic rings. The summed E-state index contributed by atoms with van der Waals surface area (Å²) in [6.45, 7) is 4.46. The van der Waals surface area contributed by atoms with Crippen molar-refractivity contribution in [1.82, 2.24) is 19.1 Å². The Morgan fingerprint density at radius 3 is 2.04 bits per heavy atom. The molecule has 0 atom stereocenters. The van der Waals surface area contributed by atoms with Crippen molar-refractivity contribution in [1.29, 1.82) is 0 Å². The molecule has 8 rings (SSSR count). The molecule has 8 nitrogen and oxygen atoms in total. The van der Waals surface area contributed by atoms with Gasteiger partial charge in [-0.25, -0.2) is 0 Å². The third kappa shape index (κ3) is 6.39. The number of hydrogen-bond acceptors (Lipinski definition) is 6. The van der Waals surface area contributed by atoms with Gasteiger partial charge in [0.15, 0.2) is 11.5 Å². The molecule has 0 bridgehead atoms. The first-order chi connectivity index (χ1) is 26.1. The molecule has 268 valence electrons. The van der Waals surface area contributed by atoms with E-state index < -0.39 is 0 Å². The van der Waals surface area contributed by atoms with Gasteiger partial charge in [-0.3, -0.25) is 9.97 Å². The van der Waals surface area contributed by atoms with E-state index >= 15 is 0 Å². The van der Waals surface area contributed by atoms with Gasteiger partial charge in [0.1, 0.15) is 5.75 Å². The number of hydrogen-bond donors (Lipinski definition) is 0. The van der Waals surface area contributed by atoms with Crippen LogP contribution >= 0.6 is 0 Å². The molecule has 8 heteroatoms. The van der Waals surface area contributed by atoms with E-state index in [1.54, 1.807) is 21.3 Å². The maximum atomic E-state index is 6.44. The molecule has 4 aromatic carbocycles. The van der Waals surface area contributed by atoms with Gasteiger partial charge in [-0.15, -0.1) is 0 Å². The second-order valence-electron chi connectivity index (χ2n) is 13.4. The Balaban J connectivity index is 1.03. The Morgan fingerprint density at radius 1 is 0.585 bits per heavy atom. The minimum absolute atomic E-state index is 0.558. The van der Waals surface area contributed by atoms with Gasteiger partial charge in [0.05, 0.1) is 55.9 Å². The van der Waals surface area contributed by atoms with Crippen molar-refractivity contribution in [3.05, 3.63) is 121 Å². The summed E-state index contributed by atoms with van der Waals surface area (Å²) in [4.78, 5) is 9.56. The van der Waals surface area contributed by atoms with Crippen LogP contribution in [0.5, 0.6) is 23.0 Å². The summed E-state index contributed by atoms with van der Waals surface area (Å²) in [6.07, 6.45) is 7.70. The van der Waals surface area contributed by atoms with E-state index in [0.717, 1.165) is 72.4 Å². The molecule has 8 aromatic rings. The van der Waals surface area contributed by atoms with Gasteiger partial charge in [-0.05, 0) is 80.6 Å². The number of aryl methyl sites for hydroxylation is 4. The predicted molar refractivity (Wildman–Crippen MR) is 214 cm³/mol. The SMILES string of the molecule is COc1cc(-c2nccc3c4ccccc4n(CCCCOc4ccc5c6ccnc(C)c6n(CCCc6ccccc6)c5c4)c23)cc(OC)c1OC. The Bertz CT molecular complexity index is 2530. The minimum atomic E-state index is 0.558. The van der Waals surface area contributed by atoms with E-state index in [1.807, 2.05) is 24.5 Å². The highest BCUT2D eigenvalue weighted by molar-refractivity contribution is 6.12. The first kappa shape index (κ1) is 34.1. The fraction of sp³-hybridized carbons (Fsp3) is 0.244. The van der Waals surface area contributed by atoms with E-state index in [2.05, 4.69) is 106 Å². The third-order valence-corrected chi connectivity index (χ3v) is 10.3. The maximum absolute atomic E-state index is 6.44. The van der Waals surface area contributed by atoms with Crippen LogP contribution in [-0.4, -0.2) is 47.0 Å². The van der Waals surface area contributed by atoms with Crippen LogP contribution < -0.4 is 18.9 Å². The van der Waals surface area contributed by atoms with Crippen LogP contribution in [0.25, 0.3) is 54.9 Å². The fourth-order valence-electron chi connectivity index (χ4n) is 7.83. The lowest BCUT2D eigenvalue weighted by Crippen LogP contribution is -2.04. The number of ether oxygens (including phenoxy) is 4. The summed E-state index contributed by atoms with van der Waals surface area (Å²) >= 11 is 0. The Hall–Kier alpha value is -6.02. The molecule has 0 saturated heterocycles. The largest absolute Gasteiger partial charge is 0.494 e. The Labute approximate surface area is 309 Å². The molecule has 53 heavy (non-hydrogen) atoms. The zero-order chi connectivity index (χ0) is 36.3. The van der Waals surface area contributed by atoms with Crippen molar-refractivity contribution in [3.8, 4) is 34.3 Å². The normalized spacial score (nSPS) is 11.5. The van der Waals surface area contributed by atoms with Crippen LogP contribution in [0.3, 0.4) is 0 Å². The van der Waals surface area contributed by atoms with Crippen LogP contribution in [0, 0.1) is 6.92 Å². The highest BCUT2D eigenvalue weighted by Gasteiger charge is 2.20. The number of aromatic nitrogens is 4. The first-order valence-electron chi connectivity index (χ1n) is 18.3. The number of rotatable bonds is 14. The fourth-order valence-corrected chi connectivity index (χ4v) is 7.83. The molecule has 0 fully saturated rings. The van der Waals surface area contributed by atoms with E-state index in [9.17, 15) is 0 Å². The number of benzene rings is 4. The molecule has 0 spiro atoms. The van der Waals surface area contributed by atoms with Gasteiger partial charge in [-0.1, -0.05) is 48.5 Å². The lowest BCUT2D eigenvalue weighted by molar-refractivity contribution is 0.304. The molecule has 0 N–H and O–H groups in total. The van der Waals surface area contributed by atoms with Crippen molar-refractivity contribution < 1.29 is 18.9 Å². The van der Waals surface area contributed by atoms with Gasteiger partial charge in [0.25, 0.3) is 0 Å². The van der Waals surface area contributed by atoms with E-state index in [4.69, 9.17) is 23.9 Å². The lowest BCUT2D eigenvalue weighted by atomic mass is 10.1. The van der Waals surface area contributed by atoms with Crippen molar-refractivity contribution in [2.45, 2.75) is 45.7 Å².